The minimum atomic E-state index is 0.621. The molecular weight excluding hydrogens is 259 g/mol. The zero-order valence-corrected chi connectivity index (χ0v) is 11.0. The molecule has 0 N–H and O–H groups in total. The van der Waals surface area contributed by atoms with Gasteiger partial charge in [0.2, 0.25) is 0 Å². The van der Waals surface area contributed by atoms with Crippen LogP contribution in [0, 0.1) is 6.92 Å². The molecule has 0 saturated carbocycles. The number of halogens is 2. The molecule has 0 aliphatic heterocycles. The standard InChI is InChI=1S/C12H16BrCl/c1-9-8-11(6-7-12(9)14)5-3-4-10(2)13/h6-8,10H,3-5H2,1-2H3. The first-order valence-corrected chi connectivity index (χ1v) is 6.28. The van der Waals surface area contributed by atoms with Crippen molar-refractivity contribution in [1.82, 2.24) is 0 Å². The van der Waals surface area contributed by atoms with Crippen LogP contribution in [0.25, 0.3) is 0 Å². The number of hydrogen-bond acceptors (Lipinski definition) is 0. The third kappa shape index (κ3) is 4.02. The average molecular weight is 276 g/mol. The highest BCUT2D eigenvalue weighted by atomic mass is 79.9. The fourth-order valence-electron chi connectivity index (χ4n) is 1.45. The number of alkyl halides is 1. The maximum atomic E-state index is 5.96. The Balaban J connectivity index is 2.47. The van der Waals surface area contributed by atoms with E-state index < -0.39 is 0 Å². The molecule has 0 aliphatic rings. The molecule has 0 nitrogen and oxygen atoms in total. The first kappa shape index (κ1) is 12.1. The van der Waals surface area contributed by atoms with Crippen molar-refractivity contribution in [3.8, 4) is 0 Å². The van der Waals surface area contributed by atoms with Gasteiger partial charge >= 0.3 is 0 Å². The van der Waals surface area contributed by atoms with Gasteiger partial charge in [0, 0.05) is 9.85 Å². The van der Waals surface area contributed by atoms with Gasteiger partial charge in [0.05, 0.1) is 0 Å². The lowest BCUT2D eigenvalue weighted by Gasteiger charge is -2.05. The molecule has 78 valence electrons. The van der Waals surface area contributed by atoms with Gasteiger partial charge in [0.25, 0.3) is 0 Å². The van der Waals surface area contributed by atoms with Crippen molar-refractivity contribution in [3.63, 3.8) is 0 Å². The predicted octanol–water partition coefficient (Wildman–Crippen LogP) is 4.75. The smallest absolute Gasteiger partial charge is 0.0435 e. The van der Waals surface area contributed by atoms with Crippen LogP contribution in [0.5, 0.6) is 0 Å². The zero-order chi connectivity index (χ0) is 10.6. The molecule has 0 amide bonds. The summed E-state index contributed by atoms with van der Waals surface area (Å²) < 4.78 is 0. The lowest BCUT2D eigenvalue weighted by atomic mass is 10.1. The van der Waals surface area contributed by atoms with E-state index in [0.717, 1.165) is 11.4 Å². The number of aryl methyl sites for hydroxylation is 2. The maximum absolute atomic E-state index is 5.96. The summed E-state index contributed by atoms with van der Waals surface area (Å²) in [4.78, 5) is 0.621. The summed E-state index contributed by atoms with van der Waals surface area (Å²) in [5, 5.41) is 0.864. The summed E-state index contributed by atoms with van der Waals surface area (Å²) in [5.74, 6) is 0. The summed E-state index contributed by atoms with van der Waals surface area (Å²) in [6.07, 6.45) is 3.60. The molecule has 0 fully saturated rings. The molecule has 2 heteroatoms. The van der Waals surface area contributed by atoms with Gasteiger partial charge in [0.15, 0.2) is 0 Å². The predicted molar refractivity (Wildman–Crippen MR) is 67.5 cm³/mol. The van der Waals surface area contributed by atoms with Crippen molar-refractivity contribution in [3.05, 3.63) is 34.3 Å². The summed E-state index contributed by atoms with van der Waals surface area (Å²) in [6, 6.07) is 6.29. The fraction of sp³-hybridized carbons (Fsp3) is 0.500. The summed E-state index contributed by atoms with van der Waals surface area (Å²) in [5.41, 5.74) is 2.57. The second kappa shape index (κ2) is 5.77. The largest absolute Gasteiger partial charge is 0.0894 e. The van der Waals surface area contributed by atoms with Crippen LogP contribution in [0.2, 0.25) is 5.02 Å². The molecule has 1 aromatic carbocycles. The van der Waals surface area contributed by atoms with Crippen LogP contribution in [0.15, 0.2) is 18.2 Å². The molecule has 0 saturated heterocycles. The first-order valence-electron chi connectivity index (χ1n) is 4.98. The molecule has 1 aromatic rings. The van der Waals surface area contributed by atoms with E-state index in [4.69, 9.17) is 11.6 Å². The molecule has 1 atom stereocenters. The zero-order valence-electron chi connectivity index (χ0n) is 8.69. The molecule has 0 aliphatic carbocycles. The van der Waals surface area contributed by atoms with Crippen LogP contribution in [0.1, 0.15) is 30.9 Å². The Morgan fingerprint density at radius 2 is 2.14 bits per heavy atom. The molecule has 1 unspecified atom stereocenters. The summed E-state index contributed by atoms with van der Waals surface area (Å²) >= 11 is 9.51. The second-order valence-electron chi connectivity index (χ2n) is 3.76. The Morgan fingerprint density at radius 3 is 2.71 bits per heavy atom. The SMILES string of the molecule is Cc1cc(CCCC(C)Br)ccc1Cl. The van der Waals surface area contributed by atoms with Gasteiger partial charge in [0.1, 0.15) is 0 Å². The lowest BCUT2D eigenvalue weighted by molar-refractivity contribution is 0.736. The van der Waals surface area contributed by atoms with Gasteiger partial charge in [-0.2, -0.15) is 0 Å². The van der Waals surface area contributed by atoms with E-state index in [0.29, 0.717) is 4.83 Å². The lowest BCUT2D eigenvalue weighted by Crippen LogP contribution is -1.93. The van der Waals surface area contributed by atoms with Crippen molar-refractivity contribution >= 4 is 27.5 Å². The second-order valence-corrected chi connectivity index (χ2v) is 5.73. The molecule has 0 bridgehead atoms. The Kier molecular flexibility index (Phi) is 4.97. The van der Waals surface area contributed by atoms with E-state index in [1.54, 1.807) is 0 Å². The van der Waals surface area contributed by atoms with Crippen LogP contribution < -0.4 is 0 Å². The quantitative estimate of drug-likeness (QED) is 0.695. The van der Waals surface area contributed by atoms with E-state index in [1.165, 1.54) is 24.0 Å². The third-order valence-corrected chi connectivity index (χ3v) is 3.17. The van der Waals surface area contributed by atoms with Crippen LogP contribution in [-0.4, -0.2) is 4.83 Å². The van der Waals surface area contributed by atoms with Crippen LogP contribution in [0.4, 0.5) is 0 Å². The van der Waals surface area contributed by atoms with Crippen molar-refractivity contribution in [2.24, 2.45) is 0 Å². The van der Waals surface area contributed by atoms with Crippen molar-refractivity contribution in [1.29, 1.82) is 0 Å². The summed E-state index contributed by atoms with van der Waals surface area (Å²) in [7, 11) is 0. The maximum Gasteiger partial charge on any atom is 0.0435 e. The average Bonchev–Trinajstić information content (AvgIpc) is 2.10. The topological polar surface area (TPSA) is 0 Å². The van der Waals surface area contributed by atoms with Crippen molar-refractivity contribution < 1.29 is 0 Å². The Morgan fingerprint density at radius 1 is 1.43 bits per heavy atom. The van der Waals surface area contributed by atoms with Gasteiger partial charge in [-0.15, -0.1) is 0 Å². The van der Waals surface area contributed by atoms with Crippen molar-refractivity contribution in [2.75, 3.05) is 0 Å². The van der Waals surface area contributed by atoms with Crippen LogP contribution in [-0.2, 0) is 6.42 Å². The normalized spacial score (nSPS) is 12.9. The molecule has 0 heterocycles. The van der Waals surface area contributed by atoms with E-state index in [2.05, 4.69) is 41.9 Å². The van der Waals surface area contributed by atoms with E-state index in [-0.39, 0.29) is 0 Å². The molecule has 14 heavy (non-hydrogen) atoms. The number of benzene rings is 1. The first-order chi connectivity index (χ1) is 6.59. The van der Waals surface area contributed by atoms with Gasteiger partial charge < -0.3 is 0 Å². The minimum absolute atomic E-state index is 0.621. The summed E-state index contributed by atoms with van der Waals surface area (Å²) in [6.45, 7) is 4.24. The fourth-order valence-corrected chi connectivity index (χ4v) is 1.89. The Bertz CT molecular complexity index is 294. The molecular formula is C12H16BrCl. The monoisotopic (exact) mass is 274 g/mol. The Hall–Kier alpha value is -0.0100. The van der Waals surface area contributed by atoms with E-state index >= 15 is 0 Å². The molecule has 0 spiro atoms. The van der Waals surface area contributed by atoms with Crippen LogP contribution in [0.3, 0.4) is 0 Å². The highest BCUT2D eigenvalue weighted by Crippen LogP contribution is 2.18. The molecule has 1 rings (SSSR count). The van der Waals surface area contributed by atoms with Gasteiger partial charge in [-0.05, 0) is 43.4 Å². The highest BCUT2D eigenvalue weighted by molar-refractivity contribution is 9.09. The van der Waals surface area contributed by atoms with Crippen molar-refractivity contribution in [2.45, 2.75) is 37.9 Å². The number of hydrogen-bond donors (Lipinski definition) is 0. The van der Waals surface area contributed by atoms with E-state index in [9.17, 15) is 0 Å². The Labute approximate surface area is 99.8 Å². The van der Waals surface area contributed by atoms with Gasteiger partial charge in [-0.3, -0.25) is 0 Å². The molecule has 0 radical (unpaired) electrons. The minimum Gasteiger partial charge on any atom is -0.0894 e. The number of rotatable bonds is 4. The van der Waals surface area contributed by atoms with Gasteiger partial charge in [-0.25, -0.2) is 0 Å². The van der Waals surface area contributed by atoms with E-state index in [1.807, 2.05) is 6.07 Å². The highest BCUT2D eigenvalue weighted by Gasteiger charge is 1.99. The third-order valence-electron chi connectivity index (χ3n) is 2.29. The molecule has 0 aromatic heterocycles. The van der Waals surface area contributed by atoms with Gasteiger partial charge in [-0.1, -0.05) is 46.6 Å². The van der Waals surface area contributed by atoms with Crippen LogP contribution >= 0.6 is 27.5 Å².